The van der Waals surface area contributed by atoms with Gasteiger partial charge in [-0.1, -0.05) is 0 Å². The van der Waals surface area contributed by atoms with Crippen LogP contribution in [-0.4, -0.2) is 39.3 Å². The Hall–Kier alpha value is -1.08. The van der Waals surface area contributed by atoms with Crippen LogP contribution in [-0.2, 0) is 13.1 Å². The van der Waals surface area contributed by atoms with Crippen LogP contribution in [0, 0.1) is 5.92 Å². The molecule has 3 rings (SSSR count). The number of nitrogens with two attached hydrogens (primary N) is 1. The van der Waals surface area contributed by atoms with Gasteiger partial charge >= 0.3 is 6.18 Å². The molecule has 1 aromatic heterocycles. The molecule has 0 aromatic carbocycles. The maximum atomic E-state index is 12.8. The number of halogens is 3. The quantitative estimate of drug-likeness (QED) is 0.910. The van der Waals surface area contributed by atoms with Gasteiger partial charge in [0, 0.05) is 37.6 Å². The van der Waals surface area contributed by atoms with Crippen molar-refractivity contribution in [2.24, 2.45) is 11.7 Å². The van der Waals surface area contributed by atoms with Gasteiger partial charge in [0.05, 0.1) is 12.5 Å². The van der Waals surface area contributed by atoms with Crippen LogP contribution in [0.15, 0.2) is 12.4 Å². The van der Waals surface area contributed by atoms with E-state index in [1.54, 1.807) is 6.20 Å². The van der Waals surface area contributed by atoms with E-state index >= 15 is 0 Å². The van der Waals surface area contributed by atoms with Crippen LogP contribution in [0.25, 0.3) is 0 Å². The molecule has 1 fully saturated rings. The van der Waals surface area contributed by atoms with Gasteiger partial charge in [-0.15, -0.1) is 0 Å². The first-order valence-corrected chi connectivity index (χ1v) is 7.46. The smallest absolute Gasteiger partial charge is 0.333 e. The molecule has 1 aliphatic carbocycles. The van der Waals surface area contributed by atoms with E-state index in [-0.39, 0.29) is 18.4 Å². The molecule has 4 nitrogen and oxygen atoms in total. The van der Waals surface area contributed by atoms with Crippen LogP contribution < -0.4 is 5.73 Å². The van der Waals surface area contributed by atoms with Crippen molar-refractivity contribution in [3.05, 3.63) is 18.2 Å². The van der Waals surface area contributed by atoms with Crippen molar-refractivity contribution in [3.8, 4) is 0 Å². The second-order valence-electron chi connectivity index (χ2n) is 6.20. The number of imidazole rings is 1. The number of rotatable bonds is 2. The van der Waals surface area contributed by atoms with Crippen LogP contribution >= 0.6 is 0 Å². The molecule has 1 aromatic rings. The van der Waals surface area contributed by atoms with E-state index in [1.807, 2.05) is 6.20 Å². The Balaban J connectivity index is 1.72. The van der Waals surface area contributed by atoms with E-state index in [1.165, 1.54) is 0 Å². The summed E-state index contributed by atoms with van der Waals surface area (Å²) in [5.74, 6) is -0.184. The molecule has 2 N–H and O–H groups in total. The van der Waals surface area contributed by atoms with E-state index in [4.69, 9.17) is 5.73 Å². The van der Waals surface area contributed by atoms with Crippen molar-refractivity contribution in [2.45, 2.75) is 50.5 Å². The summed E-state index contributed by atoms with van der Waals surface area (Å²) in [7, 11) is 0. The van der Waals surface area contributed by atoms with Crippen LogP contribution in [0.2, 0.25) is 0 Å². The average Bonchev–Trinajstić information content (AvgIpc) is 2.93. The first-order chi connectivity index (χ1) is 9.94. The van der Waals surface area contributed by atoms with E-state index in [9.17, 15) is 13.2 Å². The van der Waals surface area contributed by atoms with Crippen molar-refractivity contribution in [1.82, 2.24) is 14.5 Å². The summed E-state index contributed by atoms with van der Waals surface area (Å²) in [5, 5.41) is 0. The second-order valence-corrected chi connectivity index (χ2v) is 6.20. The Kier molecular flexibility index (Phi) is 3.73. The van der Waals surface area contributed by atoms with Crippen LogP contribution in [0.5, 0.6) is 0 Å². The maximum Gasteiger partial charge on any atom is 0.391 e. The van der Waals surface area contributed by atoms with Crippen molar-refractivity contribution in [2.75, 3.05) is 13.1 Å². The van der Waals surface area contributed by atoms with E-state index < -0.39 is 12.1 Å². The van der Waals surface area contributed by atoms with Gasteiger partial charge in [-0.05, 0) is 25.7 Å². The van der Waals surface area contributed by atoms with Crippen LogP contribution in [0.1, 0.15) is 31.5 Å². The number of alkyl halides is 3. The van der Waals surface area contributed by atoms with Gasteiger partial charge in [-0.25, -0.2) is 4.98 Å². The molecule has 0 saturated heterocycles. The van der Waals surface area contributed by atoms with Crippen molar-refractivity contribution >= 4 is 0 Å². The Labute approximate surface area is 122 Å². The lowest BCUT2D eigenvalue weighted by atomic mass is 9.75. The third kappa shape index (κ3) is 2.68. The zero-order valence-electron chi connectivity index (χ0n) is 11.9. The first kappa shape index (κ1) is 14.8. The molecular formula is C14H21F3N4. The standard InChI is InChI=1S/C14H21F3N4/c15-14(16,17)11-1-3-13(10-18,4-2-11)21-8-7-20-6-5-19-12(20)9-21/h5-6,11H,1-4,7-10,18H2. The first-order valence-electron chi connectivity index (χ1n) is 7.46. The lowest BCUT2D eigenvalue weighted by Crippen LogP contribution is -2.58. The summed E-state index contributed by atoms with van der Waals surface area (Å²) in [6, 6.07) is 0. The molecule has 0 spiro atoms. The van der Waals surface area contributed by atoms with Crippen LogP contribution in [0.4, 0.5) is 13.2 Å². The minimum atomic E-state index is -4.07. The maximum absolute atomic E-state index is 12.8. The second kappa shape index (κ2) is 5.28. The highest BCUT2D eigenvalue weighted by Gasteiger charge is 2.47. The zero-order valence-corrected chi connectivity index (χ0v) is 11.9. The molecule has 0 atom stereocenters. The van der Waals surface area contributed by atoms with E-state index in [0.29, 0.717) is 25.9 Å². The third-order valence-corrected chi connectivity index (χ3v) is 5.17. The minimum absolute atomic E-state index is 0.186. The molecule has 7 heteroatoms. The Morgan fingerprint density at radius 2 is 2.00 bits per heavy atom. The fraction of sp³-hybridized carbons (Fsp3) is 0.786. The normalized spacial score (nSPS) is 31.1. The molecule has 21 heavy (non-hydrogen) atoms. The molecule has 0 amide bonds. The molecule has 0 unspecified atom stereocenters. The highest BCUT2D eigenvalue weighted by Crippen LogP contribution is 2.43. The minimum Gasteiger partial charge on any atom is -0.333 e. The molecule has 2 aliphatic rings. The Bertz CT molecular complexity index is 489. The average molecular weight is 302 g/mol. The molecule has 0 bridgehead atoms. The van der Waals surface area contributed by atoms with Gasteiger partial charge in [-0.2, -0.15) is 13.2 Å². The number of nitrogens with zero attached hydrogens (tertiary/aromatic N) is 3. The number of aromatic nitrogens is 2. The SMILES string of the molecule is NCC1(N2CCn3ccnc3C2)CCC(C(F)(F)F)CC1. The number of hydrogen-bond donors (Lipinski definition) is 1. The molecule has 0 radical (unpaired) electrons. The lowest BCUT2D eigenvalue weighted by Gasteiger charge is -2.49. The Morgan fingerprint density at radius 3 is 2.62 bits per heavy atom. The van der Waals surface area contributed by atoms with Gasteiger partial charge in [0.15, 0.2) is 0 Å². The highest BCUT2D eigenvalue weighted by molar-refractivity contribution is 5.03. The van der Waals surface area contributed by atoms with Gasteiger partial charge in [-0.3, -0.25) is 4.90 Å². The predicted molar refractivity (Wildman–Crippen MR) is 72.4 cm³/mol. The van der Waals surface area contributed by atoms with Gasteiger partial charge < -0.3 is 10.3 Å². The Morgan fingerprint density at radius 1 is 1.29 bits per heavy atom. The van der Waals surface area contributed by atoms with E-state index in [2.05, 4.69) is 14.5 Å². The van der Waals surface area contributed by atoms with Crippen LogP contribution in [0.3, 0.4) is 0 Å². The summed E-state index contributed by atoms with van der Waals surface area (Å²) in [5.41, 5.74) is 5.68. The molecule has 2 heterocycles. The van der Waals surface area contributed by atoms with E-state index in [0.717, 1.165) is 18.9 Å². The predicted octanol–water partition coefficient (Wildman–Crippen LogP) is 2.15. The summed E-state index contributed by atoms with van der Waals surface area (Å²) in [4.78, 5) is 6.57. The van der Waals surface area contributed by atoms with Gasteiger partial charge in [0.1, 0.15) is 5.82 Å². The van der Waals surface area contributed by atoms with Crippen molar-refractivity contribution in [1.29, 1.82) is 0 Å². The monoisotopic (exact) mass is 302 g/mol. The molecule has 1 saturated carbocycles. The van der Waals surface area contributed by atoms with Gasteiger partial charge in [0.2, 0.25) is 0 Å². The number of fused-ring (bicyclic) bond motifs is 1. The third-order valence-electron chi connectivity index (χ3n) is 5.17. The highest BCUT2D eigenvalue weighted by atomic mass is 19.4. The summed E-state index contributed by atoms with van der Waals surface area (Å²) in [6.07, 6.45) is 1.07. The molecule has 118 valence electrons. The zero-order chi connectivity index (χ0) is 15.1. The summed E-state index contributed by atoms with van der Waals surface area (Å²) < 4.78 is 40.6. The fourth-order valence-electron chi connectivity index (χ4n) is 3.71. The molecule has 1 aliphatic heterocycles. The van der Waals surface area contributed by atoms with Crippen molar-refractivity contribution in [3.63, 3.8) is 0 Å². The molecular weight excluding hydrogens is 281 g/mol. The number of hydrogen-bond acceptors (Lipinski definition) is 3. The fourth-order valence-corrected chi connectivity index (χ4v) is 3.71. The topological polar surface area (TPSA) is 47.1 Å². The van der Waals surface area contributed by atoms with Gasteiger partial charge in [0.25, 0.3) is 0 Å². The lowest BCUT2D eigenvalue weighted by molar-refractivity contribution is -0.189. The summed E-state index contributed by atoms with van der Waals surface area (Å²) >= 11 is 0. The van der Waals surface area contributed by atoms with Crippen molar-refractivity contribution < 1.29 is 13.2 Å². The summed E-state index contributed by atoms with van der Waals surface area (Å²) in [6.45, 7) is 2.76. The largest absolute Gasteiger partial charge is 0.391 e.